The summed E-state index contributed by atoms with van der Waals surface area (Å²) in [7, 11) is 0. The zero-order valence-corrected chi connectivity index (χ0v) is 17.6. The number of esters is 1. The van der Waals surface area contributed by atoms with Gasteiger partial charge in [-0.2, -0.15) is 0 Å². The molecule has 0 spiro atoms. The highest BCUT2D eigenvalue weighted by Crippen LogP contribution is 2.23. The van der Waals surface area contributed by atoms with E-state index in [1.165, 1.54) is 6.42 Å². The summed E-state index contributed by atoms with van der Waals surface area (Å²) in [4.78, 5) is 14.3. The van der Waals surface area contributed by atoms with Gasteiger partial charge in [0.05, 0.1) is 12.2 Å². The molecule has 1 heterocycles. The van der Waals surface area contributed by atoms with Crippen molar-refractivity contribution in [1.29, 1.82) is 0 Å². The highest BCUT2D eigenvalue weighted by atomic mass is 16.5. The Balaban J connectivity index is 1.81. The Morgan fingerprint density at radius 3 is 2.50 bits per heavy atom. The van der Waals surface area contributed by atoms with Gasteiger partial charge in [0.15, 0.2) is 0 Å². The molecular weight excluding hydrogens is 356 g/mol. The maximum Gasteiger partial charge on any atom is 0.338 e. The van der Waals surface area contributed by atoms with Gasteiger partial charge in [0.2, 0.25) is 0 Å². The molecule has 1 aromatic carbocycles. The lowest BCUT2D eigenvalue weighted by Gasteiger charge is -2.36. The number of hydrogen-bond acceptors (Lipinski definition) is 6. The van der Waals surface area contributed by atoms with Crippen molar-refractivity contribution in [2.75, 3.05) is 39.3 Å². The summed E-state index contributed by atoms with van der Waals surface area (Å²) in [5.74, 6) is 0.324. The first-order chi connectivity index (χ1) is 13.4. The molecule has 0 amide bonds. The third kappa shape index (κ3) is 7.41. The lowest BCUT2D eigenvalue weighted by molar-refractivity contribution is -0.0456. The molecule has 158 valence electrons. The zero-order valence-electron chi connectivity index (χ0n) is 17.6. The van der Waals surface area contributed by atoms with Crippen molar-refractivity contribution in [2.45, 2.75) is 58.2 Å². The number of unbranched alkanes of at least 4 members (excludes halogenated alkanes) is 3. The van der Waals surface area contributed by atoms with Crippen LogP contribution in [0.15, 0.2) is 24.3 Å². The van der Waals surface area contributed by atoms with Gasteiger partial charge in [-0.15, -0.1) is 0 Å². The first-order valence-corrected chi connectivity index (χ1v) is 10.5. The smallest absolute Gasteiger partial charge is 0.338 e. The summed E-state index contributed by atoms with van der Waals surface area (Å²) >= 11 is 0. The number of ether oxygens (including phenoxy) is 2. The van der Waals surface area contributed by atoms with Gasteiger partial charge in [0.1, 0.15) is 17.5 Å². The van der Waals surface area contributed by atoms with Crippen LogP contribution in [0.25, 0.3) is 0 Å². The highest BCUT2D eigenvalue weighted by molar-refractivity contribution is 5.89. The van der Waals surface area contributed by atoms with E-state index in [0.717, 1.165) is 45.4 Å². The molecule has 0 aromatic heterocycles. The van der Waals surface area contributed by atoms with Crippen molar-refractivity contribution < 1.29 is 19.4 Å². The Bertz CT molecular complexity index is 583. The van der Waals surface area contributed by atoms with E-state index in [0.29, 0.717) is 24.5 Å². The van der Waals surface area contributed by atoms with Crippen molar-refractivity contribution in [3.63, 3.8) is 0 Å². The number of aliphatic hydroxyl groups is 1. The van der Waals surface area contributed by atoms with E-state index in [1.807, 2.05) is 13.8 Å². The van der Waals surface area contributed by atoms with E-state index in [9.17, 15) is 9.90 Å². The van der Waals surface area contributed by atoms with E-state index in [4.69, 9.17) is 9.47 Å². The van der Waals surface area contributed by atoms with Gasteiger partial charge in [-0.3, -0.25) is 4.90 Å². The van der Waals surface area contributed by atoms with Crippen LogP contribution in [0.3, 0.4) is 0 Å². The average Bonchev–Trinajstić information content (AvgIpc) is 2.68. The minimum atomic E-state index is -0.730. The number of aliphatic hydroxyl groups excluding tert-OH is 1. The van der Waals surface area contributed by atoms with Crippen molar-refractivity contribution in [3.05, 3.63) is 29.8 Å². The minimum Gasteiger partial charge on any atom is -0.485 e. The summed E-state index contributed by atoms with van der Waals surface area (Å²) in [5, 5.41) is 13.9. The van der Waals surface area contributed by atoms with E-state index in [1.54, 1.807) is 24.3 Å². The third-order valence-electron chi connectivity index (χ3n) is 5.15. The van der Waals surface area contributed by atoms with Crippen LogP contribution in [-0.4, -0.2) is 67.0 Å². The molecule has 0 saturated carbocycles. The SMILES string of the molecule is CCCCCCOC(=O)c1ccc(OC(C)(C)C(O)CN2CCNCC2)cc1. The molecule has 0 bridgehead atoms. The molecule has 1 unspecified atom stereocenters. The number of benzene rings is 1. The largest absolute Gasteiger partial charge is 0.485 e. The lowest BCUT2D eigenvalue weighted by Crippen LogP contribution is -2.52. The molecule has 1 aliphatic heterocycles. The molecule has 1 fully saturated rings. The van der Waals surface area contributed by atoms with Gasteiger partial charge < -0.3 is 19.9 Å². The van der Waals surface area contributed by atoms with E-state index in [-0.39, 0.29) is 5.97 Å². The Morgan fingerprint density at radius 2 is 1.86 bits per heavy atom. The molecule has 28 heavy (non-hydrogen) atoms. The summed E-state index contributed by atoms with van der Waals surface area (Å²) in [5.41, 5.74) is -0.214. The second kappa shape index (κ2) is 11.4. The van der Waals surface area contributed by atoms with Gasteiger partial charge in [-0.05, 0) is 44.5 Å². The van der Waals surface area contributed by atoms with Crippen molar-refractivity contribution in [1.82, 2.24) is 10.2 Å². The van der Waals surface area contributed by atoms with Crippen LogP contribution >= 0.6 is 0 Å². The number of nitrogens with one attached hydrogen (secondary N) is 1. The number of carbonyl (C=O) groups excluding carboxylic acids is 1. The quantitative estimate of drug-likeness (QED) is 0.446. The summed E-state index contributed by atoms with van der Waals surface area (Å²) in [6.07, 6.45) is 3.70. The molecule has 0 radical (unpaired) electrons. The van der Waals surface area contributed by atoms with Crippen LogP contribution in [-0.2, 0) is 4.74 Å². The van der Waals surface area contributed by atoms with Gasteiger partial charge in [-0.25, -0.2) is 4.79 Å². The fraction of sp³-hybridized carbons (Fsp3) is 0.682. The van der Waals surface area contributed by atoms with Crippen molar-refractivity contribution in [3.8, 4) is 5.75 Å². The number of nitrogens with zero attached hydrogens (tertiary/aromatic N) is 1. The predicted octanol–water partition coefficient (Wildman–Crippen LogP) is 2.85. The summed E-state index contributed by atoms with van der Waals surface area (Å²) in [6, 6.07) is 6.94. The minimum absolute atomic E-state index is 0.305. The molecule has 1 atom stereocenters. The van der Waals surface area contributed by atoms with E-state index >= 15 is 0 Å². The van der Waals surface area contributed by atoms with Crippen LogP contribution < -0.4 is 10.1 Å². The molecular formula is C22H36N2O4. The maximum atomic E-state index is 12.1. The highest BCUT2D eigenvalue weighted by Gasteiger charge is 2.32. The van der Waals surface area contributed by atoms with Crippen LogP contribution in [0.4, 0.5) is 0 Å². The molecule has 6 nitrogen and oxygen atoms in total. The summed E-state index contributed by atoms with van der Waals surface area (Å²) in [6.45, 7) is 10.7. The predicted molar refractivity (Wildman–Crippen MR) is 111 cm³/mol. The monoisotopic (exact) mass is 392 g/mol. The Morgan fingerprint density at radius 1 is 1.18 bits per heavy atom. The topological polar surface area (TPSA) is 71.0 Å². The molecule has 2 rings (SSSR count). The fourth-order valence-corrected chi connectivity index (χ4v) is 3.17. The molecule has 1 aromatic rings. The van der Waals surface area contributed by atoms with Crippen molar-refractivity contribution >= 4 is 5.97 Å². The van der Waals surface area contributed by atoms with Crippen LogP contribution in [0.1, 0.15) is 56.8 Å². The second-order valence-corrected chi connectivity index (χ2v) is 7.99. The molecule has 6 heteroatoms. The molecule has 1 aliphatic rings. The van der Waals surface area contributed by atoms with E-state index < -0.39 is 11.7 Å². The van der Waals surface area contributed by atoms with Crippen LogP contribution in [0.2, 0.25) is 0 Å². The fourth-order valence-electron chi connectivity index (χ4n) is 3.17. The maximum absolute atomic E-state index is 12.1. The van der Waals surface area contributed by atoms with Gasteiger partial charge in [-0.1, -0.05) is 26.2 Å². The third-order valence-corrected chi connectivity index (χ3v) is 5.15. The Hall–Kier alpha value is -1.63. The number of carbonyl (C=O) groups is 1. The molecule has 2 N–H and O–H groups in total. The number of piperazine rings is 1. The molecule has 1 saturated heterocycles. The van der Waals surface area contributed by atoms with Gasteiger partial charge in [0, 0.05) is 32.7 Å². The number of hydrogen-bond donors (Lipinski definition) is 2. The number of rotatable bonds is 11. The van der Waals surface area contributed by atoms with Gasteiger partial charge >= 0.3 is 5.97 Å². The van der Waals surface area contributed by atoms with Gasteiger partial charge in [0.25, 0.3) is 0 Å². The zero-order chi connectivity index (χ0) is 20.4. The second-order valence-electron chi connectivity index (χ2n) is 7.99. The normalized spacial score (nSPS) is 16.6. The Labute approximate surface area is 169 Å². The standard InChI is InChI=1S/C22H36N2O4/c1-4-5-6-7-16-27-21(26)18-8-10-19(11-9-18)28-22(2,3)20(25)17-24-14-12-23-13-15-24/h8-11,20,23,25H,4-7,12-17H2,1-3H3. The Kier molecular flexibility index (Phi) is 9.22. The first kappa shape index (κ1) is 22.7. The first-order valence-electron chi connectivity index (χ1n) is 10.5. The van der Waals surface area contributed by atoms with Crippen molar-refractivity contribution in [2.24, 2.45) is 0 Å². The number of β-amino-alcohol motifs (C(OH)–C–C–N with tert-alkyl or cyclic N) is 1. The lowest BCUT2D eigenvalue weighted by atomic mass is 10.0. The van der Waals surface area contributed by atoms with E-state index in [2.05, 4.69) is 17.1 Å². The van der Waals surface area contributed by atoms with Crippen LogP contribution in [0, 0.1) is 0 Å². The molecule has 0 aliphatic carbocycles. The van der Waals surface area contributed by atoms with Crippen LogP contribution in [0.5, 0.6) is 5.75 Å². The summed E-state index contributed by atoms with van der Waals surface area (Å²) < 4.78 is 11.3. The average molecular weight is 393 g/mol.